The molecule has 2 heterocycles. The number of carboxylic acids is 1. The van der Waals surface area contributed by atoms with E-state index in [1.54, 1.807) is 36.7 Å². The minimum Gasteiger partial charge on any atom is -0.479 e. The fraction of sp³-hybridized carbons (Fsp3) is 0.269. The second-order valence-electron chi connectivity index (χ2n) is 8.34. The number of amides is 1. The van der Waals surface area contributed by atoms with Gasteiger partial charge < -0.3 is 15.3 Å². The number of carbonyl (C=O) groups excluding carboxylic acids is 1. The molecule has 2 N–H and O–H groups in total. The molecule has 0 radical (unpaired) electrons. The summed E-state index contributed by atoms with van der Waals surface area (Å²) in [5, 5.41) is 13.3. The van der Waals surface area contributed by atoms with E-state index in [1.165, 1.54) is 0 Å². The second-order valence-corrected chi connectivity index (χ2v) is 8.34. The van der Waals surface area contributed by atoms with Gasteiger partial charge in [0.2, 0.25) is 0 Å². The molecule has 0 spiro atoms. The van der Waals surface area contributed by atoms with Crippen LogP contribution in [0.3, 0.4) is 0 Å². The molecule has 1 fully saturated rings. The summed E-state index contributed by atoms with van der Waals surface area (Å²) in [6.07, 6.45) is 3.75. The van der Waals surface area contributed by atoms with Crippen molar-refractivity contribution < 1.29 is 14.7 Å². The van der Waals surface area contributed by atoms with Crippen molar-refractivity contribution in [1.29, 1.82) is 0 Å². The van der Waals surface area contributed by atoms with Crippen LogP contribution in [0, 0.1) is 0 Å². The molecule has 1 aromatic heterocycles. The predicted octanol–water partition coefficient (Wildman–Crippen LogP) is 2.70. The maximum absolute atomic E-state index is 13.0. The first-order valence-electron chi connectivity index (χ1n) is 11.1. The SMILES string of the molecule is O=C(NC(Cc1ccccc1)(CN1CCN(c2ccncc2)CC1)C(=O)O)c1ccccc1. The van der Waals surface area contributed by atoms with Crippen LogP contribution >= 0.6 is 0 Å². The Kier molecular flexibility index (Phi) is 7.00. The van der Waals surface area contributed by atoms with Crippen molar-refractivity contribution >= 4 is 17.6 Å². The number of benzene rings is 2. The normalized spacial score (nSPS) is 16.1. The fourth-order valence-electron chi connectivity index (χ4n) is 4.26. The average molecular weight is 445 g/mol. The number of aliphatic carboxylic acids is 1. The Morgan fingerprint density at radius 1 is 0.879 bits per heavy atom. The summed E-state index contributed by atoms with van der Waals surface area (Å²) in [6.45, 7) is 3.18. The van der Waals surface area contributed by atoms with Crippen molar-refractivity contribution in [3.63, 3.8) is 0 Å². The van der Waals surface area contributed by atoms with E-state index in [0.29, 0.717) is 18.7 Å². The minimum atomic E-state index is -1.45. The van der Waals surface area contributed by atoms with Crippen LogP contribution in [-0.2, 0) is 11.2 Å². The van der Waals surface area contributed by atoms with Crippen LogP contribution in [0.15, 0.2) is 85.2 Å². The van der Waals surface area contributed by atoms with E-state index in [0.717, 1.165) is 24.3 Å². The van der Waals surface area contributed by atoms with Gasteiger partial charge in [0.25, 0.3) is 5.91 Å². The summed E-state index contributed by atoms with van der Waals surface area (Å²) < 4.78 is 0. The molecular formula is C26H28N4O3. The monoisotopic (exact) mass is 444 g/mol. The number of hydrogen-bond donors (Lipinski definition) is 2. The van der Waals surface area contributed by atoms with Crippen molar-refractivity contribution in [2.24, 2.45) is 0 Å². The third kappa shape index (κ3) is 5.56. The van der Waals surface area contributed by atoms with Crippen LogP contribution in [0.5, 0.6) is 0 Å². The number of nitrogens with zero attached hydrogens (tertiary/aromatic N) is 3. The van der Waals surface area contributed by atoms with E-state index in [1.807, 2.05) is 48.5 Å². The van der Waals surface area contributed by atoms with Gasteiger partial charge in [0.15, 0.2) is 5.54 Å². The molecule has 3 aromatic rings. The molecule has 33 heavy (non-hydrogen) atoms. The third-order valence-electron chi connectivity index (χ3n) is 6.04. The minimum absolute atomic E-state index is 0.201. The van der Waals surface area contributed by atoms with Crippen molar-refractivity contribution in [2.45, 2.75) is 12.0 Å². The van der Waals surface area contributed by atoms with Crippen molar-refractivity contribution in [1.82, 2.24) is 15.2 Å². The van der Waals surface area contributed by atoms with Crippen LogP contribution in [-0.4, -0.2) is 65.1 Å². The van der Waals surface area contributed by atoms with Gasteiger partial charge >= 0.3 is 5.97 Å². The van der Waals surface area contributed by atoms with Gasteiger partial charge in [-0.1, -0.05) is 48.5 Å². The number of anilines is 1. The molecule has 0 saturated carbocycles. The molecule has 0 aliphatic carbocycles. The number of piperazine rings is 1. The lowest BCUT2D eigenvalue weighted by Crippen LogP contribution is -2.64. The number of hydrogen-bond acceptors (Lipinski definition) is 5. The zero-order valence-corrected chi connectivity index (χ0v) is 18.4. The van der Waals surface area contributed by atoms with Crippen LogP contribution < -0.4 is 10.2 Å². The van der Waals surface area contributed by atoms with Crippen LogP contribution in [0.2, 0.25) is 0 Å². The molecule has 0 bridgehead atoms. The van der Waals surface area contributed by atoms with Crippen molar-refractivity contribution in [3.05, 3.63) is 96.3 Å². The molecule has 1 amide bonds. The Bertz CT molecular complexity index is 1050. The molecule has 1 aliphatic heterocycles. The lowest BCUT2D eigenvalue weighted by molar-refractivity contribution is -0.145. The van der Waals surface area contributed by atoms with E-state index in [-0.39, 0.29) is 18.9 Å². The van der Waals surface area contributed by atoms with Crippen LogP contribution in [0.4, 0.5) is 5.69 Å². The summed E-state index contributed by atoms with van der Waals surface area (Å²) in [7, 11) is 0. The second kappa shape index (κ2) is 10.3. The molecule has 1 atom stereocenters. The highest BCUT2D eigenvalue weighted by Crippen LogP contribution is 2.21. The Morgan fingerprint density at radius 3 is 2.09 bits per heavy atom. The van der Waals surface area contributed by atoms with Gasteiger partial charge in [-0.15, -0.1) is 0 Å². The van der Waals surface area contributed by atoms with Gasteiger partial charge in [0.1, 0.15) is 0 Å². The highest BCUT2D eigenvalue weighted by Gasteiger charge is 2.42. The Labute approximate surface area is 193 Å². The summed E-state index contributed by atoms with van der Waals surface area (Å²) in [6, 6.07) is 22.2. The fourth-order valence-corrected chi connectivity index (χ4v) is 4.26. The van der Waals surface area contributed by atoms with Gasteiger partial charge in [-0.3, -0.25) is 14.7 Å². The highest BCUT2D eigenvalue weighted by atomic mass is 16.4. The topological polar surface area (TPSA) is 85.8 Å². The van der Waals surface area contributed by atoms with Gasteiger partial charge in [0, 0.05) is 62.8 Å². The maximum Gasteiger partial charge on any atom is 0.331 e. The lowest BCUT2D eigenvalue weighted by atomic mass is 9.89. The number of carboxylic acid groups (broad SMARTS) is 1. The van der Waals surface area contributed by atoms with E-state index < -0.39 is 11.5 Å². The van der Waals surface area contributed by atoms with E-state index in [2.05, 4.69) is 20.1 Å². The molecule has 1 aliphatic rings. The Morgan fingerprint density at radius 2 is 1.48 bits per heavy atom. The summed E-state index contributed by atoms with van der Waals surface area (Å²) in [5.74, 6) is -1.42. The summed E-state index contributed by atoms with van der Waals surface area (Å²) >= 11 is 0. The average Bonchev–Trinajstić information content (AvgIpc) is 2.86. The molecule has 7 heteroatoms. The quantitative estimate of drug-likeness (QED) is 0.556. The number of rotatable bonds is 8. The van der Waals surface area contributed by atoms with Gasteiger partial charge in [-0.25, -0.2) is 4.79 Å². The van der Waals surface area contributed by atoms with E-state index >= 15 is 0 Å². The smallest absolute Gasteiger partial charge is 0.331 e. The largest absolute Gasteiger partial charge is 0.479 e. The lowest BCUT2D eigenvalue weighted by Gasteiger charge is -2.41. The number of carbonyl (C=O) groups is 2. The van der Waals surface area contributed by atoms with Crippen molar-refractivity contribution in [2.75, 3.05) is 37.6 Å². The third-order valence-corrected chi connectivity index (χ3v) is 6.04. The first-order valence-corrected chi connectivity index (χ1v) is 11.1. The maximum atomic E-state index is 13.0. The summed E-state index contributed by atoms with van der Waals surface area (Å²) in [5.41, 5.74) is 0.964. The summed E-state index contributed by atoms with van der Waals surface area (Å²) in [4.78, 5) is 34.2. The molecule has 2 aromatic carbocycles. The molecule has 7 nitrogen and oxygen atoms in total. The molecule has 4 rings (SSSR count). The number of aromatic nitrogens is 1. The predicted molar refractivity (Wildman–Crippen MR) is 127 cm³/mol. The van der Waals surface area contributed by atoms with Crippen LogP contribution in [0.25, 0.3) is 0 Å². The number of pyridine rings is 1. The zero-order valence-electron chi connectivity index (χ0n) is 18.4. The van der Waals surface area contributed by atoms with Crippen molar-refractivity contribution in [3.8, 4) is 0 Å². The molecular weight excluding hydrogens is 416 g/mol. The molecule has 1 saturated heterocycles. The highest BCUT2D eigenvalue weighted by molar-refractivity contribution is 5.98. The van der Waals surface area contributed by atoms with Gasteiger partial charge in [0.05, 0.1) is 0 Å². The molecule has 170 valence electrons. The first-order chi connectivity index (χ1) is 16.1. The van der Waals surface area contributed by atoms with Gasteiger partial charge in [-0.05, 0) is 29.8 Å². The van der Waals surface area contributed by atoms with Crippen LogP contribution in [0.1, 0.15) is 15.9 Å². The molecule has 1 unspecified atom stereocenters. The standard InChI is InChI=1S/C26H28N4O3/c31-24(22-9-5-2-6-10-22)28-26(25(32)33,19-21-7-3-1-4-8-21)20-29-15-17-30(18-16-29)23-11-13-27-14-12-23/h1-14H,15-20H2,(H,28,31)(H,32,33). The Hall–Kier alpha value is -3.71. The zero-order chi connectivity index (χ0) is 23.1. The van der Waals surface area contributed by atoms with E-state index in [9.17, 15) is 14.7 Å². The Balaban J connectivity index is 1.54. The van der Waals surface area contributed by atoms with Gasteiger partial charge in [-0.2, -0.15) is 0 Å². The van der Waals surface area contributed by atoms with E-state index in [4.69, 9.17) is 0 Å². The first kappa shape index (κ1) is 22.5. The number of nitrogens with one attached hydrogen (secondary N) is 1.